The summed E-state index contributed by atoms with van der Waals surface area (Å²) in [5.74, 6) is 1.35. The van der Waals surface area contributed by atoms with Gasteiger partial charge in [-0.25, -0.2) is 0 Å². The first-order valence-corrected chi connectivity index (χ1v) is 8.86. The summed E-state index contributed by atoms with van der Waals surface area (Å²) in [6.07, 6.45) is 1.70. The van der Waals surface area contributed by atoms with Gasteiger partial charge in [0.25, 0.3) is 0 Å². The lowest BCUT2D eigenvalue weighted by Gasteiger charge is -2.27. The highest BCUT2D eigenvalue weighted by Gasteiger charge is 2.14. The van der Waals surface area contributed by atoms with E-state index in [9.17, 15) is 0 Å². The quantitative estimate of drug-likeness (QED) is 0.865. The first kappa shape index (κ1) is 17.4. The molecule has 1 aromatic heterocycles. The highest BCUT2D eigenvalue weighted by atomic mass is 16.5. The monoisotopic (exact) mass is 342 g/mol. The number of rotatable bonds is 6. The molecule has 0 amide bonds. The molecule has 1 aliphatic rings. The Kier molecular flexibility index (Phi) is 5.65. The van der Waals surface area contributed by atoms with Crippen LogP contribution in [0, 0.1) is 6.92 Å². The second kappa shape index (κ2) is 8.11. The molecular formula is C18H26N6O. The zero-order chi connectivity index (χ0) is 17.6. The van der Waals surface area contributed by atoms with E-state index in [4.69, 9.17) is 4.74 Å². The van der Waals surface area contributed by atoms with Gasteiger partial charge in [0.05, 0.1) is 19.4 Å². The number of hydrogen-bond acceptors (Lipinski definition) is 7. The molecule has 0 radical (unpaired) electrons. The Balaban J connectivity index is 1.76. The molecule has 0 aliphatic carbocycles. The van der Waals surface area contributed by atoms with Crippen LogP contribution < -0.4 is 15.1 Å². The standard InChI is InChI=1S/C18H26N6O/c1-4-23(5-2)15-6-7-16(14(3)12-15)20-18-21-17(13-19-22-18)24-8-10-25-11-9-24/h6-7,12-13H,4-5,8-11H2,1-3H3,(H,20,21,22). The van der Waals surface area contributed by atoms with Crippen LogP contribution >= 0.6 is 0 Å². The summed E-state index contributed by atoms with van der Waals surface area (Å²) in [5.41, 5.74) is 3.38. The van der Waals surface area contributed by atoms with E-state index in [1.54, 1.807) is 6.20 Å². The van der Waals surface area contributed by atoms with Gasteiger partial charge in [0.15, 0.2) is 5.82 Å². The van der Waals surface area contributed by atoms with Crippen LogP contribution in [0.2, 0.25) is 0 Å². The third kappa shape index (κ3) is 4.17. The van der Waals surface area contributed by atoms with Gasteiger partial charge in [0.2, 0.25) is 5.95 Å². The van der Waals surface area contributed by atoms with Crippen LogP contribution in [0.4, 0.5) is 23.1 Å². The number of aromatic nitrogens is 3. The Morgan fingerprint density at radius 1 is 1.20 bits per heavy atom. The molecule has 0 bridgehead atoms. The molecule has 7 heteroatoms. The fraction of sp³-hybridized carbons (Fsp3) is 0.500. The van der Waals surface area contributed by atoms with Gasteiger partial charge in [-0.15, -0.1) is 5.10 Å². The molecule has 0 saturated carbocycles. The Morgan fingerprint density at radius 3 is 2.64 bits per heavy atom. The largest absolute Gasteiger partial charge is 0.378 e. The molecule has 25 heavy (non-hydrogen) atoms. The molecule has 0 atom stereocenters. The number of nitrogens with zero attached hydrogens (tertiary/aromatic N) is 5. The van der Waals surface area contributed by atoms with Crippen LogP contribution in [0.3, 0.4) is 0 Å². The fourth-order valence-corrected chi connectivity index (χ4v) is 2.99. The molecule has 1 saturated heterocycles. The second-order valence-corrected chi connectivity index (χ2v) is 6.03. The summed E-state index contributed by atoms with van der Waals surface area (Å²) >= 11 is 0. The van der Waals surface area contributed by atoms with E-state index in [0.717, 1.165) is 56.5 Å². The van der Waals surface area contributed by atoms with Crippen LogP contribution in [0.5, 0.6) is 0 Å². The van der Waals surface area contributed by atoms with Crippen molar-refractivity contribution < 1.29 is 4.74 Å². The van der Waals surface area contributed by atoms with Crippen molar-refractivity contribution in [3.8, 4) is 0 Å². The van der Waals surface area contributed by atoms with Crippen LogP contribution in [0.15, 0.2) is 24.4 Å². The lowest BCUT2D eigenvalue weighted by molar-refractivity contribution is 0.122. The Bertz CT molecular complexity index is 698. The predicted octanol–water partition coefficient (Wildman–Crippen LogP) is 2.61. The maximum absolute atomic E-state index is 5.39. The highest BCUT2D eigenvalue weighted by molar-refractivity contribution is 5.64. The molecule has 2 heterocycles. The third-order valence-corrected chi connectivity index (χ3v) is 4.47. The normalized spacial score (nSPS) is 14.4. The molecule has 7 nitrogen and oxygen atoms in total. The first-order chi connectivity index (χ1) is 12.2. The van der Waals surface area contributed by atoms with Crippen LogP contribution in [0.25, 0.3) is 0 Å². The van der Waals surface area contributed by atoms with Crippen molar-refractivity contribution in [1.82, 2.24) is 15.2 Å². The van der Waals surface area contributed by atoms with E-state index < -0.39 is 0 Å². The molecule has 1 aromatic carbocycles. The number of morpholine rings is 1. The number of nitrogens with one attached hydrogen (secondary N) is 1. The van der Waals surface area contributed by atoms with Gasteiger partial charge >= 0.3 is 0 Å². The number of ether oxygens (including phenoxy) is 1. The zero-order valence-electron chi connectivity index (χ0n) is 15.2. The van der Waals surface area contributed by atoms with E-state index in [-0.39, 0.29) is 0 Å². The van der Waals surface area contributed by atoms with Crippen molar-refractivity contribution >= 4 is 23.1 Å². The van der Waals surface area contributed by atoms with Crippen molar-refractivity contribution in [2.75, 3.05) is 54.5 Å². The maximum atomic E-state index is 5.39. The molecule has 1 N–H and O–H groups in total. The summed E-state index contributed by atoms with van der Waals surface area (Å²) in [7, 11) is 0. The summed E-state index contributed by atoms with van der Waals surface area (Å²) in [6.45, 7) is 11.5. The van der Waals surface area contributed by atoms with Gasteiger partial charge in [0, 0.05) is 37.6 Å². The smallest absolute Gasteiger partial charge is 0.249 e. The van der Waals surface area contributed by atoms with E-state index in [0.29, 0.717) is 5.95 Å². The molecule has 3 rings (SSSR count). The number of anilines is 4. The van der Waals surface area contributed by atoms with E-state index in [1.165, 1.54) is 5.69 Å². The summed E-state index contributed by atoms with van der Waals surface area (Å²) < 4.78 is 5.39. The maximum Gasteiger partial charge on any atom is 0.249 e. The Labute approximate surface area is 149 Å². The Hall–Kier alpha value is -2.41. The lowest BCUT2D eigenvalue weighted by atomic mass is 10.1. The summed E-state index contributed by atoms with van der Waals surface area (Å²) in [6, 6.07) is 6.39. The number of benzene rings is 1. The molecule has 1 aliphatic heterocycles. The van der Waals surface area contributed by atoms with Gasteiger partial charge in [0.1, 0.15) is 0 Å². The topological polar surface area (TPSA) is 66.4 Å². The second-order valence-electron chi connectivity index (χ2n) is 6.03. The fourth-order valence-electron chi connectivity index (χ4n) is 2.99. The third-order valence-electron chi connectivity index (χ3n) is 4.47. The van der Waals surface area contributed by atoms with Crippen molar-refractivity contribution in [1.29, 1.82) is 0 Å². The first-order valence-electron chi connectivity index (χ1n) is 8.86. The summed E-state index contributed by atoms with van der Waals surface area (Å²) in [4.78, 5) is 9.09. The van der Waals surface area contributed by atoms with Crippen molar-refractivity contribution in [2.45, 2.75) is 20.8 Å². The minimum absolute atomic E-state index is 0.516. The predicted molar refractivity (Wildman–Crippen MR) is 101 cm³/mol. The van der Waals surface area contributed by atoms with Crippen molar-refractivity contribution in [3.05, 3.63) is 30.0 Å². The van der Waals surface area contributed by atoms with Gasteiger partial charge < -0.3 is 19.9 Å². The average molecular weight is 342 g/mol. The molecule has 0 unspecified atom stereocenters. The number of hydrogen-bond donors (Lipinski definition) is 1. The molecule has 1 fully saturated rings. The molecular weight excluding hydrogens is 316 g/mol. The lowest BCUT2D eigenvalue weighted by Crippen LogP contribution is -2.37. The van der Waals surface area contributed by atoms with Crippen LogP contribution in [-0.4, -0.2) is 54.6 Å². The van der Waals surface area contributed by atoms with Gasteiger partial charge in [-0.2, -0.15) is 10.1 Å². The SMILES string of the molecule is CCN(CC)c1ccc(Nc2nncc(N3CCOCC3)n2)c(C)c1. The number of aryl methyl sites for hydroxylation is 1. The van der Waals surface area contributed by atoms with E-state index in [2.05, 4.69) is 69.3 Å². The summed E-state index contributed by atoms with van der Waals surface area (Å²) in [5, 5.41) is 11.5. The van der Waals surface area contributed by atoms with Gasteiger partial charge in [-0.3, -0.25) is 0 Å². The molecule has 2 aromatic rings. The van der Waals surface area contributed by atoms with Crippen molar-refractivity contribution in [2.24, 2.45) is 0 Å². The Morgan fingerprint density at radius 2 is 1.96 bits per heavy atom. The zero-order valence-corrected chi connectivity index (χ0v) is 15.2. The minimum Gasteiger partial charge on any atom is -0.378 e. The highest BCUT2D eigenvalue weighted by Crippen LogP contribution is 2.25. The molecule has 0 spiro atoms. The average Bonchev–Trinajstić information content (AvgIpc) is 2.66. The van der Waals surface area contributed by atoms with Crippen LogP contribution in [-0.2, 0) is 4.74 Å². The van der Waals surface area contributed by atoms with E-state index in [1.807, 2.05) is 0 Å². The van der Waals surface area contributed by atoms with Gasteiger partial charge in [-0.1, -0.05) is 0 Å². The van der Waals surface area contributed by atoms with Crippen molar-refractivity contribution in [3.63, 3.8) is 0 Å². The van der Waals surface area contributed by atoms with Gasteiger partial charge in [-0.05, 0) is 44.5 Å². The van der Waals surface area contributed by atoms with Crippen LogP contribution in [0.1, 0.15) is 19.4 Å². The minimum atomic E-state index is 0.516. The molecule has 134 valence electrons. The van der Waals surface area contributed by atoms with E-state index >= 15 is 0 Å².